The van der Waals surface area contributed by atoms with E-state index in [4.69, 9.17) is 5.73 Å². The Hall–Kier alpha value is -0.710. The second-order valence-corrected chi connectivity index (χ2v) is 5.94. The molecule has 0 fully saturated rings. The SMILES string of the molecule is Cc1ccc(Br)c(C(N)c2cc(Br)ccc2F)c1. The van der Waals surface area contributed by atoms with Crippen molar-refractivity contribution in [1.29, 1.82) is 0 Å². The summed E-state index contributed by atoms with van der Waals surface area (Å²) < 4.78 is 15.5. The van der Waals surface area contributed by atoms with Gasteiger partial charge in [0.25, 0.3) is 0 Å². The first-order chi connectivity index (χ1) is 8.49. The molecule has 2 N–H and O–H groups in total. The highest BCUT2D eigenvalue weighted by molar-refractivity contribution is 9.10. The molecule has 0 aromatic heterocycles. The van der Waals surface area contributed by atoms with Crippen molar-refractivity contribution in [3.8, 4) is 0 Å². The van der Waals surface area contributed by atoms with E-state index in [2.05, 4.69) is 31.9 Å². The van der Waals surface area contributed by atoms with E-state index in [0.717, 1.165) is 20.1 Å². The Labute approximate surface area is 122 Å². The fourth-order valence-electron chi connectivity index (χ4n) is 1.82. The quantitative estimate of drug-likeness (QED) is 0.811. The highest BCUT2D eigenvalue weighted by Crippen LogP contribution is 2.30. The summed E-state index contributed by atoms with van der Waals surface area (Å²) in [7, 11) is 0. The summed E-state index contributed by atoms with van der Waals surface area (Å²) in [5.41, 5.74) is 8.62. The average Bonchev–Trinajstić information content (AvgIpc) is 2.34. The zero-order valence-electron chi connectivity index (χ0n) is 9.75. The highest BCUT2D eigenvalue weighted by atomic mass is 79.9. The first kappa shape index (κ1) is 13.7. The van der Waals surface area contributed by atoms with Crippen LogP contribution >= 0.6 is 31.9 Å². The molecule has 0 radical (unpaired) electrons. The van der Waals surface area contributed by atoms with Gasteiger partial charge in [-0.25, -0.2) is 4.39 Å². The summed E-state index contributed by atoms with van der Waals surface area (Å²) in [5, 5.41) is 0. The summed E-state index contributed by atoms with van der Waals surface area (Å²) in [6.45, 7) is 1.99. The van der Waals surface area contributed by atoms with E-state index in [1.54, 1.807) is 12.1 Å². The van der Waals surface area contributed by atoms with Crippen LogP contribution in [0.25, 0.3) is 0 Å². The molecule has 0 saturated carbocycles. The van der Waals surface area contributed by atoms with Gasteiger partial charge < -0.3 is 5.73 Å². The summed E-state index contributed by atoms with van der Waals surface area (Å²) in [5.74, 6) is -0.292. The molecule has 1 unspecified atom stereocenters. The Kier molecular flexibility index (Phi) is 4.20. The van der Waals surface area contributed by atoms with Gasteiger partial charge in [-0.3, -0.25) is 0 Å². The molecule has 2 aromatic rings. The van der Waals surface area contributed by atoms with Crippen LogP contribution in [0.2, 0.25) is 0 Å². The third-order valence-electron chi connectivity index (χ3n) is 2.78. The van der Waals surface area contributed by atoms with Crippen molar-refractivity contribution in [2.75, 3.05) is 0 Å². The number of halogens is 3. The Morgan fingerprint density at radius 1 is 1.06 bits per heavy atom. The largest absolute Gasteiger partial charge is 0.320 e. The maximum absolute atomic E-state index is 13.8. The molecule has 0 aliphatic heterocycles. The molecular formula is C14H12Br2FN. The first-order valence-corrected chi connectivity index (χ1v) is 7.04. The van der Waals surface area contributed by atoms with Crippen LogP contribution < -0.4 is 5.73 Å². The fraction of sp³-hybridized carbons (Fsp3) is 0.143. The molecule has 0 spiro atoms. The van der Waals surface area contributed by atoms with Crippen LogP contribution in [-0.2, 0) is 0 Å². The Morgan fingerprint density at radius 3 is 2.50 bits per heavy atom. The van der Waals surface area contributed by atoms with Crippen molar-refractivity contribution in [1.82, 2.24) is 0 Å². The second-order valence-electron chi connectivity index (χ2n) is 4.17. The van der Waals surface area contributed by atoms with Crippen molar-refractivity contribution in [3.63, 3.8) is 0 Å². The van der Waals surface area contributed by atoms with Gasteiger partial charge in [0.1, 0.15) is 5.82 Å². The van der Waals surface area contributed by atoms with E-state index in [0.29, 0.717) is 5.56 Å². The Morgan fingerprint density at radius 2 is 1.78 bits per heavy atom. The molecule has 0 aliphatic rings. The molecule has 0 aliphatic carbocycles. The van der Waals surface area contributed by atoms with Crippen LogP contribution in [0.1, 0.15) is 22.7 Å². The van der Waals surface area contributed by atoms with E-state index < -0.39 is 6.04 Å². The van der Waals surface area contributed by atoms with E-state index in [1.807, 2.05) is 25.1 Å². The van der Waals surface area contributed by atoms with Gasteiger partial charge in [-0.05, 0) is 36.8 Å². The minimum absolute atomic E-state index is 0.292. The normalized spacial score (nSPS) is 12.5. The van der Waals surface area contributed by atoms with Crippen LogP contribution in [-0.4, -0.2) is 0 Å². The third-order valence-corrected chi connectivity index (χ3v) is 4.00. The van der Waals surface area contributed by atoms with Gasteiger partial charge in [-0.1, -0.05) is 49.6 Å². The van der Waals surface area contributed by atoms with Gasteiger partial charge in [-0.2, -0.15) is 0 Å². The monoisotopic (exact) mass is 371 g/mol. The molecule has 1 nitrogen and oxygen atoms in total. The van der Waals surface area contributed by atoms with Crippen molar-refractivity contribution in [3.05, 3.63) is 67.9 Å². The number of aryl methyl sites for hydroxylation is 1. The van der Waals surface area contributed by atoms with E-state index >= 15 is 0 Å². The summed E-state index contributed by atoms with van der Waals surface area (Å²) in [6, 6.07) is 10.2. The number of rotatable bonds is 2. The van der Waals surface area contributed by atoms with Crippen molar-refractivity contribution in [2.24, 2.45) is 5.73 Å². The smallest absolute Gasteiger partial charge is 0.128 e. The first-order valence-electron chi connectivity index (χ1n) is 5.45. The average molecular weight is 373 g/mol. The molecule has 0 bridgehead atoms. The zero-order chi connectivity index (χ0) is 13.3. The lowest BCUT2D eigenvalue weighted by atomic mass is 9.98. The Bertz CT molecular complexity index is 533. The number of hydrogen-bond acceptors (Lipinski definition) is 1. The number of nitrogens with two attached hydrogens (primary N) is 1. The predicted molar refractivity (Wildman–Crippen MR) is 79.0 cm³/mol. The van der Waals surface area contributed by atoms with Gasteiger partial charge in [0.2, 0.25) is 0 Å². The van der Waals surface area contributed by atoms with Gasteiger partial charge in [0, 0.05) is 14.5 Å². The summed E-state index contributed by atoms with van der Waals surface area (Å²) >= 11 is 6.79. The maximum Gasteiger partial charge on any atom is 0.128 e. The lowest BCUT2D eigenvalue weighted by Gasteiger charge is -2.16. The predicted octanol–water partition coefficient (Wildman–Crippen LogP) is 4.71. The van der Waals surface area contributed by atoms with Crippen molar-refractivity contribution < 1.29 is 4.39 Å². The van der Waals surface area contributed by atoms with Crippen molar-refractivity contribution in [2.45, 2.75) is 13.0 Å². The minimum atomic E-state index is -0.489. The number of hydrogen-bond donors (Lipinski definition) is 1. The van der Waals surface area contributed by atoms with E-state index in [9.17, 15) is 4.39 Å². The molecule has 1 atom stereocenters. The molecule has 18 heavy (non-hydrogen) atoms. The zero-order valence-corrected chi connectivity index (χ0v) is 12.9. The molecule has 94 valence electrons. The molecule has 0 saturated heterocycles. The number of benzene rings is 2. The molecule has 4 heteroatoms. The van der Waals surface area contributed by atoms with Gasteiger partial charge in [-0.15, -0.1) is 0 Å². The summed E-state index contributed by atoms with van der Waals surface area (Å²) in [6.07, 6.45) is 0. The molecule has 0 heterocycles. The Balaban J connectivity index is 2.50. The molecule has 2 aromatic carbocycles. The minimum Gasteiger partial charge on any atom is -0.320 e. The van der Waals surface area contributed by atoms with Crippen LogP contribution in [0, 0.1) is 12.7 Å². The van der Waals surface area contributed by atoms with Gasteiger partial charge >= 0.3 is 0 Å². The topological polar surface area (TPSA) is 26.0 Å². The lowest BCUT2D eigenvalue weighted by molar-refractivity contribution is 0.599. The van der Waals surface area contributed by atoms with Crippen LogP contribution in [0.4, 0.5) is 4.39 Å². The third kappa shape index (κ3) is 2.82. The molecular weight excluding hydrogens is 361 g/mol. The standard InChI is InChI=1S/C14H12Br2FN/c1-8-2-4-12(16)10(6-8)14(18)11-7-9(15)3-5-13(11)17/h2-7,14H,18H2,1H3. The second kappa shape index (κ2) is 5.51. The highest BCUT2D eigenvalue weighted by Gasteiger charge is 2.16. The van der Waals surface area contributed by atoms with E-state index in [-0.39, 0.29) is 5.82 Å². The fourth-order valence-corrected chi connectivity index (χ4v) is 2.69. The van der Waals surface area contributed by atoms with Crippen LogP contribution in [0.15, 0.2) is 45.3 Å². The summed E-state index contributed by atoms with van der Waals surface area (Å²) in [4.78, 5) is 0. The van der Waals surface area contributed by atoms with Gasteiger partial charge in [0.05, 0.1) is 6.04 Å². The maximum atomic E-state index is 13.8. The van der Waals surface area contributed by atoms with Crippen LogP contribution in [0.3, 0.4) is 0 Å². The van der Waals surface area contributed by atoms with Crippen molar-refractivity contribution >= 4 is 31.9 Å². The molecule has 0 amide bonds. The van der Waals surface area contributed by atoms with Crippen LogP contribution in [0.5, 0.6) is 0 Å². The van der Waals surface area contributed by atoms with E-state index in [1.165, 1.54) is 6.07 Å². The van der Waals surface area contributed by atoms with Gasteiger partial charge in [0.15, 0.2) is 0 Å². The molecule has 2 rings (SSSR count). The lowest BCUT2D eigenvalue weighted by Crippen LogP contribution is -2.14.